The lowest BCUT2D eigenvalue weighted by Crippen LogP contribution is -1.99. The van der Waals surface area contributed by atoms with Crippen LogP contribution in [-0.2, 0) is 13.2 Å². The summed E-state index contributed by atoms with van der Waals surface area (Å²) < 4.78 is 6.17. The molecule has 0 aliphatic rings. The van der Waals surface area contributed by atoms with E-state index in [0.717, 1.165) is 4.47 Å². The van der Waals surface area contributed by atoms with Crippen LogP contribution in [0.4, 0.5) is 5.69 Å². The van der Waals surface area contributed by atoms with Crippen molar-refractivity contribution < 1.29 is 9.52 Å². The van der Waals surface area contributed by atoms with E-state index in [1.165, 1.54) is 0 Å². The average molecular weight is 351 g/mol. The Morgan fingerprint density at radius 3 is 2.33 bits per heavy atom. The van der Waals surface area contributed by atoms with E-state index >= 15 is 0 Å². The van der Waals surface area contributed by atoms with Gasteiger partial charge in [0.05, 0.1) is 22.3 Å². The summed E-state index contributed by atoms with van der Waals surface area (Å²) in [7, 11) is 0. The Morgan fingerprint density at radius 1 is 1.17 bits per heavy atom. The highest BCUT2D eigenvalue weighted by Gasteiger charge is 2.08. The van der Waals surface area contributed by atoms with Crippen molar-refractivity contribution in [3.8, 4) is 0 Å². The summed E-state index contributed by atoms with van der Waals surface area (Å²) in [5.74, 6) is 1.23. The van der Waals surface area contributed by atoms with Crippen molar-refractivity contribution in [2.75, 3.05) is 5.32 Å². The highest BCUT2D eigenvalue weighted by atomic mass is 79.9. The fourth-order valence-corrected chi connectivity index (χ4v) is 2.83. The van der Waals surface area contributed by atoms with E-state index in [1.807, 2.05) is 0 Å². The van der Waals surface area contributed by atoms with Gasteiger partial charge in [-0.05, 0) is 24.3 Å². The SMILES string of the molecule is OCc1ccc(CNc2c(Cl)cc(Br)cc2Cl)o1. The molecule has 0 saturated carbocycles. The normalized spacial score (nSPS) is 10.7. The minimum absolute atomic E-state index is 0.111. The Morgan fingerprint density at radius 2 is 1.78 bits per heavy atom. The summed E-state index contributed by atoms with van der Waals surface area (Å²) in [5.41, 5.74) is 0.656. The van der Waals surface area contributed by atoms with Crippen LogP contribution >= 0.6 is 39.1 Å². The average Bonchev–Trinajstić information content (AvgIpc) is 2.75. The molecule has 0 aliphatic carbocycles. The van der Waals surface area contributed by atoms with Crippen LogP contribution in [0.2, 0.25) is 10.0 Å². The molecule has 2 aromatic rings. The van der Waals surface area contributed by atoms with Gasteiger partial charge in [0.15, 0.2) is 0 Å². The van der Waals surface area contributed by atoms with Crippen LogP contribution in [0.1, 0.15) is 11.5 Å². The summed E-state index contributed by atoms with van der Waals surface area (Å²) in [6.07, 6.45) is 0. The topological polar surface area (TPSA) is 45.4 Å². The third-order valence-electron chi connectivity index (χ3n) is 2.32. The maximum Gasteiger partial charge on any atom is 0.129 e. The van der Waals surface area contributed by atoms with E-state index in [4.69, 9.17) is 32.7 Å². The predicted octanol–water partition coefficient (Wildman–Crippen LogP) is 4.45. The molecule has 6 heteroatoms. The molecule has 1 heterocycles. The summed E-state index contributed by atoms with van der Waals surface area (Å²) >= 11 is 15.5. The van der Waals surface area contributed by atoms with Crippen LogP contribution in [0, 0.1) is 0 Å². The smallest absolute Gasteiger partial charge is 0.129 e. The van der Waals surface area contributed by atoms with Crippen LogP contribution in [0.25, 0.3) is 0 Å². The fraction of sp³-hybridized carbons (Fsp3) is 0.167. The van der Waals surface area contributed by atoms with Crippen molar-refractivity contribution in [2.45, 2.75) is 13.2 Å². The molecule has 0 saturated heterocycles. The molecule has 1 aromatic heterocycles. The molecule has 0 unspecified atom stereocenters. The molecular formula is C12H10BrCl2NO2. The number of nitrogens with one attached hydrogen (secondary N) is 1. The van der Waals surface area contributed by atoms with E-state index in [1.54, 1.807) is 24.3 Å². The minimum atomic E-state index is -0.111. The molecule has 0 aliphatic heterocycles. The first-order valence-electron chi connectivity index (χ1n) is 5.17. The quantitative estimate of drug-likeness (QED) is 0.856. The van der Waals surface area contributed by atoms with E-state index in [2.05, 4.69) is 21.2 Å². The Hall–Kier alpha value is -0.680. The van der Waals surface area contributed by atoms with Gasteiger partial charge < -0.3 is 14.8 Å². The molecule has 96 valence electrons. The molecule has 0 radical (unpaired) electrons. The number of hydrogen-bond donors (Lipinski definition) is 2. The summed E-state index contributed by atoms with van der Waals surface area (Å²) in [6.45, 7) is 0.334. The lowest BCUT2D eigenvalue weighted by atomic mass is 10.3. The highest BCUT2D eigenvalue weighted by Crippen LogP contribution is 2.34. The van der Waals surface area contributed by atoms with E-state index in [-0.39, 0.29) is 6.61 Å². The van der Waals surface area contributed by atoms with Crippen LogP contribution < -0.4 is 5.32 Å². The van der Waals surface area contributed by atoms with Crippen LogP contribution in [0.3, 0.4) is 0 Å². The first-order valence-corrected chi connectivity index (χ1v) is 6.72. The summed E-state index contributed by atoms with van der Waals surface area (Å²) in [4.78, 5) is 0. The number of hydrogen-bond acceptors (Lipinski definition) is 3. The molecule has 3 nitrogen and oxygen atoms in total. The summed E-state index contributed by atoms with van der Waals surface area (Å²) in [6, 6.07) is 7.04. The van der Waals surface area contributed by atoms with Crippen molar-refractivity contribution in [2.24, 2.45) is 0 Å². The number of furan rings is 1. The zero-order valence-corrected chi connectivity index (χ0v) is 12.3. The zero-order chi connectivity index (χ0) is 13.1. The van der Waals surface area contributed by atoms with Crippen LogP contribution in [0.5, 0.6) is 0 Å². The fourth-order valence-electron chi connectivity index (χ4n) is 1.49. The van der Waals surface area contributed by atoms with Gasteiger partial charge in [-0.25, -0.2) is 0 Å². The van der Waals surface area contributed by atoms with Gasteiger partial charge in [-0.3, -0.25) is 0 Å². The van der Waals surface area contributed by atoms with Gasteiger partial charge in [0.2, 0.25) is 0 Å². The lowest BCUT2D eigenvalue weighted by Gasteiger charge is -2.09. The Kier molecular flexibility index (Phi) is 4.56. The third kappa shape index (κ3) is 3.20. The Labute approximate surface area is 123 Å². The second kappa shape index (κ2) is 5.97. The molecule has 0 atom stereocenters. The number of anilines is 1. The highest BCUT2D eigenvalue weighted by molar-refractivity contribution is 9.10. The van der Waals surface area contributed by atoms with Crippen molar-refractivity contribution in [3.63, 3.8) is 0 Å². The second-order valence-corrected chi connectivity index (χ2v) is 5.35. The third-order valence-corrected chi connectivity index (χ3v) is 3.37. The number of aliphatic hydroxyl groups excluding tert-OH is 1. The van der Waals surface area contributed by atoms with Gasteiger partial charge >= 0.3 is 0 Å². The van der Waals surface area contributed by atoms with E-state index in [9.17, 15) is 0 Å². The Balaban J connectivity index is 2.10. The van der Waals surface area contributed by atoms with Crippen molar-refractivity contribution in [3.05, 3.63) is 50.3 Å². The molecule has 2 N–H and O–H groups in total. The predicted molar refractivity (Wildman–Crippen MR) is 76.1 cm³/mol. The molecular weight excluding hydrogens is 341 g/mol. The molecule has 0 spiro atoms. The Bertz CT molecular complexity index is 534. The molecule has 0 fully saturated rings. The van der Waals surface area contributed by atoms with Gasteiger partial charge in [-0.1, -0.05) is 39.1 Å². The van der Waals surface area contributed by atoms with Gasteiger partial charge in [0.1, 0.15) is 18.1 Å². The molecule has 0 bridgehead atoms. The van der Waals surface area contributed by atoms with Gasteiger partial charge in [-0.2, -0.15) is 0 Å². The largest absolute Gasteiger partial charge is 0.462 e. The first kappa shape index (κ1) is 13.7. The summed E-state index contributed by atoms with van der Waals surface area (Å²) in [5, 5.41) is 13.1. The zero-order valence-electron chi connectivity index (χ0n) is 9.21. The van der Waals surface area contributed by atoms with Crippen molar-refractivity contribution >= 4 is 44.8 Å². The maximum absolute atomic E-state index is 8.89. The minimum Gasteiger partial charge on any atom is -0.462 e. The number of halogens is 3. The molecule has 18 heavy (non-hydrogen) atoms. The van der Waals surface area contributed by atoms with Gasteiger partial charge in [-0.15, -0.1) is 0 Å². The standard InChI is InChI=1S/C12H10BrCl2NO2/c13-7-3-10(14)12(11(15)4-7)16-5-8-1-2-9(6-17)18-8/h1-4,16-17H,5-6H2. The monoisotopic (exact) mass is 349 g/mol. The van der Waals surface area contributed by atoms with Gasteiger partial charge in [0.25, 0.3) is 0 Å². The van der Waals surface area contributed by atoms with Crippen LogP contribution in [-0.4, -0.2) is 5.11 Å². The van der Waals surface area contributed by atoms with E-state index < -0.39 is 0 Å². The number of rotatable bonds is 4. The van der Waals surface area contributed by atoms with Crippen LogP contribution in [0.15, 0.2) is 33.2 Å². The van der Waals surface area contributed by atoms with Crippen molar-refractivity contribution in [1.29, 1.82) is 0 Å². The molecule has 1 aromatic carbocycles. The second-order valence-electron chi connectivity index (χ2n) is 3.62. The maximum atomic E-state index is 8.89. The lowest BCUT2D eigenvalue weighted by molar-refractivity contribution is 0.244. The van der Waals surface area contributed by atoms with Crippen molar-refractivity contribution in [1.82, 2.24) is 0 Å². The molecule has 2 rings (SSSR count). The number of aliphatic hydroxyl groups is 1. The number of benzene rings is 1. The van der Waals surface area contributed by atoms with E-state index in [0.29, 0.717) is 33.8 Å². The molecule has 0 amide bonds. The first-order chi connectivity index (χ1) is 8.60. The van der Waals surface area contributed by atoms with Gasteiger partial charge in [0, 0.05) is 4.47 Å².